The van der Waals surface area contributed by atoms with E-state index in [2.05, 4.69) is 17.0 Å². The Balaban J connectivity index is 1.77. The fourth-order valence-corrected chi connectivity index (χ4v) is 3.33. The molecule has 0 radical (unpaired) electrons. The van der Waals surface area contributed by atoms with Gasteiger partial charge in [-0.25, -0.2) is 4.79 Å². The molecule has 0 bridgehead atoms. The molecule has 0 saturated carbocycles. The van der Waals surface area contributed by atoms with E-state index in [0.29, 0.717) is 19.6 Å². The maximum atomic E-state index is 12.3. The minimum atomic E-state index is -0.480. The van der Waals surface area contributed by atoms with Gasteiger partial charge in [-0.2, -0.15) is 0 Å². The van der Waals surface area contributed by atoms with Crippen LogP contribution in [0.25, 0.3) is 0 Å². The number of carbonyl (C=O) groups is 1. The predicted molar refractivity (Wildman–Crippen MR) is 89.4 cm³/mol. The Hall–Kier alpha value is -1.75. The number of aliphatic hydroxyl groups excluding tert-OH is 1. The summed E-state index contributed by atoms with van der Waals surface area (Å²) < 4.78 is 5.49. The molecule has 0 spiro atoms. The maximum Gasteiger partial charge on any atom is 0.410 e. The highest BCUT2D eigenvalue weighted by Crippen LogP contribution is 2.33. The van der Waals surface area contributed by atoms with E-state index in [9.17, 15) is 9.90 Å². The van der Waals surface area contributed by atoms with E-state index in [4.69, 9.17) is 4.74 Å². The monoisotopic (exact) mass is 318 g/mol. The van der Waals surface area contributed by atoms with Crippen LogP contribution in [0.5, 0.6) is 0 Å². The van der Waals surface area contributed by atoms with Crippen molar-refractivity contribution in [1.82, 2.24) is 4.90 Å². The number of rotatable bonds is 1. The Morgan fingerprint density at radius 1 is 1.30 bits per heavy atom. The SMILES string of the molecule is CC(C)(C)OC(=O)N1Cc2cccc(N3CCCC(O)C3)c2C1. The summed E-state index contributed by atoms with van der Waals surface area (Å²) in [5, 5.41) is 9.93. The lowest BCUT2D eigenvalue weighted by atomic mass is 10.0. The van der Waals surface area contributed by atoms with Gasteiger partial charge in [0.05, 0.1) is 12.6 Å². The molecule has 0 aromatic heterocycles. The molecule has 2 aliphatic rings. The molecule has 2 aliphatic heterocycles. The van der Waals surface area contributed by atoms with Gasteiger partial charge in [-0.3, -0.25) is 4.90 Å². The Labute approximate surface area is 137 Å². The van der Waals surface area contributed by atoms with E-state index in [-0.39, 0.29) is 12.2 Å². The highest BCUT2D eigenvalue weighted by molar-refractivity contribution is 5.71. The van der Waals surface area contributed by atoms with E-state index in [0.717, 1.165) is 25.1 Å². The van der Waals surface area contributed by atoms with E-state index in [1.807, 2.05) is 26.8 Å². The molecular weight excluding hydrogens is 292 g/mol. The molecular formula is C18H26N2O3. The molecule has 0 aliphatic carbocycles. The number of hydrogen-bond donors (Lipinski definition) is 1. The molecule has 5 heteroatoms. The van der Waals surface area contributed by atoms with E-state index in [1.54, 1.807) is 4.90 Å². The second-order valence-corrected chi connectivity index (χ2v) is 7.49. The van der Waals surface area contributed by atoms with Crippen molar-refractivity contribution in [2.24, 2.45) is 0 Å². The van der Waals surface area contributed by atoms with Crippen LogP contribution in [0.2, 0.25) is 0 Å². The van der Waals surface area contributed by atoms with Crippen LogP contribution < -0.4 is 4.90 Å². The van der Waals surface area contributed by atoms with Crippen molar-refractivity contribution >= 4 is 11.8 Å². The Bertz CT molecular complexity index is 594. The molecule has 5 nitrogen and oxygen atoms in total. The first kappa shape index (κ1) is 16.1. The van der Waals surface area contributed by atoms with E-state index >= 15 is 0 Å². The number of hydrogen-bond acceptors (Lipinski definition) is 4. The zero-order chi connectivity index (χ0) is 16.6. The number of nitrogens with zero attached hydrogens (tertiary/aromatic N) is 2. The van der Waals surface area contributed by atoms with Gasteiger partial charge in [0.15, 0.2) is 0 Å². The number of aliphatic hydroxyl groups is 1. The summed E-state index contributed by atoms with van der Waals surface area (Å²) in [7, 11) is 0. The lowest BCUT2D eigenvalue weighted by Crippen LogP contribution is -2.38. The zero-order valence-corrected chi connectivity index (χ0v) is 14.2. The van der Waals surface area contributed by atoms with Crippen molar-refractivity contribution in [3.05, 3.63) is 29.3 Å². The number of carbonyl (C=O) groups excluding carboxylic acids is 1. The summed E-state index contributed by atoms with van der Waals surface area (Å²) in [6.07, 6.45) is 1.34. The van der Waals surface area contributed by atoms with Crippen molar-refractivity contribution in [3.63, 3.8) is 0 Å². The van der Waals surface area contributed by atoms with Gasteiger partial charge in [0, 0.05) is 25.3 Å². The van der Waals surface area contributed by atoms with Gasteiger partial charge < -0.3 is 14.7 Å². The van der Waals surface area contributed by atoms with Crippen LogP contribution in [-0.4, -0.2) is 40.9 Å². The molecule has 126 valence electrons. The summed E-state index contributed by atoms with van der Waals surface area (Å²) in [5.41, 5.74) is 3.03. The maximum absolute atomic E-state index is 12.3. The molecule has 1 unspecified atom stereocenters. The summed E-state index contributed by atoms with van der Waals surface area (Å²) in [6, 6.07) is 6.20. The average molecular weight is 318 g/mol. The highest BCUT2D eigenvalue weighted by Gasteiger charge is 2.31. The van der Waals surface area contributed by atoms with Crippen LogP contribution in [0.3, 0.4) is 0 Å². The number of benzene rings is 1. The molecule has 1 fully saturated rings. The number of fused-ring (bicyclic) bond motifs is 1. The van der Waals surface area contributed by atoms with Crippen molar-refractivity contribution in [1.29, 1.82) is 0 Å². The van der Waals surface area contributed by atoms with Gasteiger partial charge in [0.25, 0.3) is 0 Å². The number of β-amino-alcohol motifs (C(OH)–C–C–N with tert-alkyl or cyclic N) is 1. The van der Waals surface area contributed by atoms with Gasteiger partial charge in [0.1, 0.15) is 5.60 Å². The molecule has 1 atom stereocenters. The van der Waals surface area contributed by atoms with Gasteiger partial charge in [-0.05, 0) is 50.8 Å². The highest BCUT2D eigenvalue weighted by atomic mass is 16.6. The van der Waals surface area contributed by atoms with Crippen LogP contribution in [0.15, 0.2) is 18.2 Å². The van der Waals surface area contributed by atoms with Crippen LogP contribution in [0.1, 0.15) is 44.7 Å². The van der Waals surface area contributed by atoms with Crippen LogP contribution >= 0.6 is 0 Å². The van der Waals surface area contributed by atoms with E-state index < -0.39 is 5.60 Å². The number of amides is 1. The quantitative estimate of drug-likeness (QED) is 0.865. The van der Waals surface area contributed by atoms with Crippen molar-refractivity contribution < 1.29 is 14.6 Å². The number of anilines is 1. The largest absolute Gasteiger partial charge is 0.444 e. The minimum Gasteiger partial charge on any atom is -0.444 e. The topological polar surface area (TPSA) is 53.0 Å². The van der Waals surface area contributed by atoms with Crippen molar-refractivity contribution in [3.8, 4) is 0 Å². The van der Waals surface area contributed by atoms with Gasteiger partial charge in [-0.15, -0.1) is 0 Å². The fourth-order valence-electron chi connectivity index (χ4n) is 3.33. The lowest BCUT2D eigenvalue weighted by molar-refractivity contribution is 0.0242. The third kappa shape index (κ3) is 3.61. The van der Waals surface area contributed by atoms with Crippen molar-refractivity contribution in [2.45, 2.75) is 58.4 Å². The number of ether oxygens (including phenoxy) is 1. The number of piperidine rings is 1. The third-order valence-electron chi connectivity index (χ3n) is 4.35. The Kier molecular flexibility index (Phi) is 4.23. The lowest BCUT2D eigenvalue weighted by Gasteiger charge is -2.33. The van der Waals surface area contributed by atoms with Gasteiger partial charge in [0.2, 0.25) is 0 Å². The standard InChI is InChI=1S/C18H26N2O3/c1-18(2,3)23-17(22)20-10-13-6-4-8-16(15(13)12-20)19-9-5-7-14(21)11-19/h4,6,8,14,21H,5,7,9-12H2,1-3H3. The first-order valence-electron chi connectivity index (χ1n) is 8.35. The third-order valence-corrected chi connectivity index (χ3v) is 4.35. The molecule has 1 amide bonds. The molecule has 23 heavy (non-hydrogen) atoms. The summed E-state index contributed by atoms with van der Waals surface area (Å²) in [5.74, 6) is 0. The van der Waals surface area contributed by atoms with Gasteiger partial charge in [-0.1, -0.05) is 12.1 Å². The van der Waals surface area contributed by atoms with E-state index in [1.165, 1.54) is 11.1 Å². The van der Waals surface area contributed by atoms with Gasteiger partial charge >= 0.3 is 6.09 Å². The zero-order valence-electron chi connectivity index (χ0n) is 14.2. The summed E-state index contributed by atoms with van der Waals surface area (Å²) >= 11 is 0. The van der Waals surface area contributed by atoms with Crippen LogP contribution in [0, 0.1) is 0 Å². The average Bonchev–Trinajstić information content (AvgIpc) is 2.89. The molecule has 1 aromatic carbocycles. The molecule has 1 saturated heterocycles. The predicted octanol–water partition coefficient (Wildman–Crippen LogP) is 2.90. The molecule has 1 aromatic rings. The Morgan fingerprint density at radius 2 is 2.09 bits per heavy atom. The normalized spacial score (nSPS) is 21.3. The second kappa shape index (κ2) is 6.04. The molecule has 3 rings (SSSR count). The Morgan fingerprint density at radius 3 is 2.78 bits per heavy atom. The fraction of sp³-hybridized carbons (Fsp3) is 0.611. The smallest absolute Gasteiger partial charge is 0.410 e. The van der Waals surface area contributed by atoms with Crippen molar-refractivity contribution in [2.75, 3.05) is 18.0 Å². The summed E-state index contributed by atoms with van der Waals surface area (Å²) in [4.78, 5) is 16.3. The van der Waals surface area contributed by atoms with Crippen LogP contribution in [-0.2, 0) is 17.8 Å². The molecule has 1 N–H and O–H groups in total. The molecule has 2 heterocycles. The minimum absolute atomic E-state index is 0.261. The first-order valence-corrected chi connectivity index (χ1v) is 8.35. The summed E-state index contributed by atoms with van der Waals surface area (Å²) in [6.45, 7) is 8.45. The van der Waals surface area contributed by atoms with Crippen LogP contribution in [0.4, 0.5) is 10.5 Å². The second-order valence-electron chi connectivity index (χ2n) is 7.49. The first-order chi connectivity index (χ1) is 10.8.